The number of ether oxygens (including phenoxy) is 1. The molecule has 90 valence electrons. The Morgan fingerprint density at radius 3 is 2.12 bits per heavy atom. The average molecular weight is 224 g/mol. The Balaban J connectivity index is 3.41. The Morgan fingerprint density at radius 1 is 1.19 bits per heavy atom. The van der Waals surface area contributed by atoms with Gasteiger partial charge in [-0.2, -0.15) is 0 Å². The molecule has 0 aliphatic heterocycles. The van der Waals surface area contributed by atoms with Gasteiger partial charge in [0.05, 0.1) is 7.11 Å². The normalized spacial score (nSPS) is 12.0. The summed E-state index contributed by atoms with van der Waals surface area (Å²) in [5.74, 6) is 0.782. The van der Waals surface area contributed by atoms with Gasteiger partial charge in [0.25, 0.3) is 0 Å². The summed E-state index contributed by atoms with van der Waals surface area (Å²) in [6.07, 6.45) is 0. The van der Waals surface area contributed by atoms with E-state index in [0.29, 0.717) is 17.2 Å². The van der Waals surface area contributed by atoms with Crippen LogP contribution in [0.25, 0.3) is 0 Å². The molecule has 0 bridgehead atoms. The summed E-state index contributed by atoms with van der Waals surface area (Å²) in [6, 6.07) is 3.56. The molecule has 1 aromatic rings. The highest BCUT2D eigenvalue weighted by molar-refractivity contribution is 5.43. The zero-order valence-electron chi connectivity index (χ0n) is 11.0. The van der Waals surface area contributed by atoms with Crippen LogP contribution in [0.1, 0.15) is 51.7 Å². The largest absolute Gasteiger partial charge is 0.496 e. The fourth-order valence-electron chi connectivity index (χ4n) is 1.82. The molecule has 2 heteroatoms. The maximum absolute atomic E-state index is 14.1. The molecule has 0 heterocycles. The second-order valence-corrected chi connectivity index (χ2v) is 5.48. The van der Waals surface area contributed by atoms with Crippen LogP contribution < -0.4 is 4.74 Å². The molecule has 0 saturated heterocycles. The highest BCUT2D eigenvalue weighted by Gasteiger charge is 2.24. The smallest absolute Gasteiger partial charge is 0.130 e. The second kappa shape index (κ2) is 4.44. The molecule has 0 aliphatic carbocycles. The lowest BCUT2D eigenvalue weighted by Gasteiger charge is -2.24. The van der Waals surface area contributed by atoms with E-state index >= 15 is 0 Å². The molecule has 0 amide bonds. The van der Waals surface area contributed by atoms with E-state index in [9.17, 15) is 4.39 Å². The number of hydrogen-bond acceptors (Lipinski definition) is 1. The van der Waals surface area contributed by atoms with Gasteiger partial charge >= 0.3 is 0 Å². The molecule has 0 unspecified atom stereocenters. The van der Waals surface area contributed by atoms with Crippen LogP contribution in [0.5, 0.6) is 5.75 Å². The molecule has 0 aromatic heterocycles. The number of benzene rings is 1. The van der Waals surface area contributed by atoms with E-state index in [2.05, 4.69) is 0 Å². The van der Waals surface area contributed by atoms with Crippen molar-refractivity contribution in [2.45, 2.75) is 46.0 Å². The third-order valence-electron chi connectivity index (χ3n) is 2.71. The Kier molecular flexibility index (Phi) is 3.61. The van der Waals surface area contributed by atoms with Crippen LogP contribution in [-0.4, -0.2) is 7.11 Å². The molecule has 0 spiro atoms. The molecule has 0 fully saturated rings. The van der Waals surface area contributed by atoms with Gasteiger partial charge in [0, 0.05) is 5.56 Å². The molecule has 0 N–H and O–H groups in total. The Labute approximate surface area is 97.6 Å². The van der Waals surface area contributed by atoms with Crippen molar-refractivity contribution in [1.29, 1.82) is 0 Å². The van der Waals surface area contributed by atoms with Gasteiger partial charge in [0.1, 0.15) is 11.6 Å². The van der Waals surface area contributed by atoms with Gasteiger partial charge in [-0.1, -0.05) is 34.6 Å². The van der Waals surface area contributed by atoms with Crippen molar-refractivity contribution in [2.24, 2.45) is 0 Å². The second-order valence-electron chi connectivity index (χ2n) is 5.48. The molecule has 0 aliphatic rings. The molecule has 1 aromatic carbocycles. The minimum atomic E-state index is -0.245. The van der Waals surface area contributed by atoms with Crippen molar-refractivity contribution in [3.05, 3.63) is 29.1 Å². The summed E-state index contributed by atoms with van der Waals surface area (Å²) in [7, 11) is 1.59. The first kappa shape index (κ1) is 13.0. The van der Waals surface area contributed by atoms with Crippen molar-refractivity contribution in [2.75, 3.05) is 7.11 Å². The number of methoxy groups -OCH3 is 1. The van der Waals surface area contributed by atoms with E-state index in [4.69, 9.17) is 4.74 Å². The van der Waals surface area contributed by atoms with Crippen LogP contribution in [0.15, 0.2) is 12.1 Å². The quantitative estimate of drug-likeness (QED) is 0.729. The SMILES string of the molecule is COc1cc(C(C)C)cc(F)c1C(C)(C)C. The van der Waals surface area contributed by atoms with Crippen molar-refractivity contribution < 1.29 is 9.13 Å². The third-order valence-corrected chi connectivity index (χ3v) is 2.71. The zero-order valence-corrected chi connectivity index (χ0v) is 11.0. The topological polar surface area (TPSA) is 9.23 Å². The van der Waals surface area contributed by atoms with Crippen LogP contribution in [0, 0.1) is 5.82 Å². The van der Waals surface area contributed by atoms with Gasteiger partial charge in [0.15, 0.2) is 0 Å². The molecule has 0 saturated carbocycles. The zero-order chi connectivity index (χ0) is 12.5. The minimum absolute atomic E-state index is 0.171. The first-order chi connectivity index (χ1) is 7.27. The fraction of sp³-hybridized carbons (Fsp3) is 0.571. The van der Waals surface area contributed by atoms with Crippen LogP contribution >= 0.6 is 0 Å². The predicted octanol–water partition coefficient (Wildman–Crippen LogP) is 4.26. The van der Waals surface area contributed by atoms with Gasteiger partial charge in [0.2, 0.25) is 0 Å². The molecular weight excluding hydrogens is 203 g/mol. The first-order valence-corrected chi connectivity index (χ1v) is 5.65. The summed E-state index contributed by atoms with van der Waals surface area (Å²) in [6.45, 7) is 10.1. The van der Waals surface area contributed by atoms with Crippen molar-refractivity contribution in [3.63, 3.8) is 0 Å². The van der Waals surface area contributed by atoms with Crippen LogP contribution in [0.3, 0.4) is 0 Å². The molecule has 16 heavy (non-hydrogen) atoms. The van der Waals surface area contributed by atoms with E-state index in [-0.39, 0.29) is 11.2 Å². The monoisotopic (exact) mass is 224 g/mol. The van der Waals surface area contributed by atoms with E-state index in [1.807, 2.05) is 40.7 Å². The maximum atomic E-state index is 14.1. The third kappa shape index (κ3) is 2.55. The molecule has 0 atom stereocenters. The maximum Gasteiger partial charge on any atom is 0.130 e. The van der Waals surface area contributed by atoms with E-state index in [1.165, 1.54) is 0 Å². The van der Waals surface area contributed by atoms with Crippen LogP contribution in [0.4, 0.5) is 4.39 Å². The van der Waals surface area contributed by atoms with E-state index in [1.54, 1.807) is 13.2 Å². The summed E-state index contributed by atoms with van der Waals surface area (Å²) < 4.78 is 19.4. The van der Waals surface area contributed by atoms with Gasteiger partial charge in [-0.3, -0.25) is 0 Å². The van der Waals surface area contributed by atoms with E-state index in [0.717, 1.165) is 5.56 Å². The summed E-state index contributed by atoms with van der Waals surface area (Å²) in [4.78, 5) is 0. The Bertz CT molecular complexity index is 375. The van der Waals surface area contributed by atoms with E-state index < -0.39 is 0 Å². The van der Waals surface area contributed by atoms with Gasteiger partial charge in [-0.25, -0.2) is 4.39 Å². The highest BCUT2D eigenvalue weighted by atomic mass is 19.1. The lowest BCUT2D eigenvalue weighted by atomic mass is 9.84. The number of hydrogen-bond donors (Lipinski definition) is 0. The van der Waals surface area contributed by atoms with Crippen LogP contribution in [0.2, 0.25) is 0 Å². The van der Waals surface area contributed by atoms with Crippen LogP contribution in [-0.2, 0) is 5.41 Å². The fourth-order valence-corrected chi connectivity index (χ4v) is 1.82. The van der Waals surface area contributed by atoms with Crippen molar-refractivity contribution in [1.82, 2.24) is 0 Å². The van der Waals surface area contributed by atoms with Gasteiger partial charge in [-0.05, 0) is 29.0 Å². The number of rotatable bonds is 2. The number of halogens is 1. The lowest BCUT2D eigenvalue weighted by molar-refractivity contribution is 0.387. The Morgan fingerprint density at radius 2 is 1.75 bits per heavy atom. The summed E-state index contributed by atoms with van der Waals surface area (Å²) >= 11 is 0. The van der Waals surface area contributed by atoms with Crippen molar-refractivity contribution in [3.8, 4) is 5.75 Å². The molecular formula is C14H21FO. The molecule has 1 rings (SSSR count). The van der Waals surface area contributed by atoms with Crippen molar-refractivity contribution >= 4 is 0 Å². The Hall–Kier alpha value is -1.05. The lowest BCUT2D eigenvalue weighted by Crippen LogP contribution is -2.16. The minimum Gasteiger partial charge on any atom is -0.496 e. The molecule has 1 nitrogen and oxygen atoms in total. The van der Waals surface area contributed by atoms with Gasteiger partial charge < -0.3 is 4.74 Å². The standard InChI is InChI=1S/C14H21FO/c1-9(2)10-7-11(15)13(14(3,4)5)12(8-10)16-6/h7-9H,1-6H3. The first-order valence-electron chi connectivity index (χ1n) is 5.65. The predicted molar refractivity (Wildman–Crippen MR) is 65.7 cm³/mol. The average Bonchev–Trinajstić information content (AvgIpc) is 2.14. The van der Waals surface area contributed by atoms with Gasteiger partial charge in [-0.15, -0.1) is 0 Å². The highest BCUT2D eigenvalue weighted by Crippen LogP contribution is 2.35. The molecule has 0 radical (unpaired) electrons. The summed E-state index contributed by atoms with van der Waals surface area (Å²) in [5, 5.41) is 0. The summed E-state index contributed by atoms with van der Waals surface area (Å²) in [5.41, 5.74) is 1.38.